The van der Waals surface area contributed by atoms with Gasteiger partial charge in [0.05, 0.1) is 5.92 Å². The summed E-state index contributed by atoms with van der Waals surface area (Å²) in [6, 6.07) is 1.42. The van der Waals surface area contributed by atoms with Gasteiger partial charge in [0, 0.05) is 13.1 Å². The lowest BCUT2D eigenvalue weighted by Gasteiger charge is -2.33. The van der Waals surface area contributed by atoms with E-state index in [1.54, 1.807) is 0 Å². The van der Waals surface area contributed by atoms with Crippen LogP contribution in [0.25, 0.3) is 0 Å². The molecule has 116 valence electrons. The van der Waals surface area contributed by atoms with Crippen LogP contribution in [0, 0.1) is 17.6 Å². The lowest BCUT2D eigenvalue weighted by Crippen LogP contribution is -2.45. The second kappa shape index (κ2) is 5.50. The van der Waals surface area contributed by atoms with Crippen LogP contribution in [-0.4, -0.2) is 35.2 Å². The Morgan fingerprint density at radius 3 is 2.57 bits per heavy atom. The van der Waals surface area contributed by atoms with Gasteiger partial charge < -0.3 is 10.0 Å². The summed E-state index contributed by atoms with van der Waals surface area (Å²) in [5.41, 5.74) is -1.03. The van der Waals surface area contributed by atoms with Crippen molar-refractivity contribution in [1.82, 2.24) is 4.90 Å². The number of carbonyl (C=O) groups excluding carboxylic acids is 1. The van der Waals surface area contributed by atoms with E-state index in [1.165, 1.54) is 0 Å². The molecule has 1 saturated heterocycles. The minimum absolute atomic E-state index is 0.0139. The first-order chi connectivity index (χ1) is 9.71. The SMILES string of the molecule is O=C(c1c(F)ccc(O)c1F)N1CCCC(C(F)(F)F)C1. The smallest absolute Gasteiger partial charge is 0.393 e. The highest BCUT2D eigenvalue weighted by molar-refractivity contribution is 5.95. The zero-order chi connectivity index (χ0) is 15.8. The molecule has 1 aromatic carbocycles. The third-order valence-corrected chi connectivity index (χ3v) is 3.46. The molecule has 3 nitrogen and oxygen atoms in total. The van der Waals surface area contributed by atoms with Crippen LogP contribution in [0.3, 0.4) is 0 Å². The fourth-order valence-corrected chi connectivity index (χ4v) is 2.32. The zero-order valence-electron chi connectivity index (χ0n) is 10.8. The fourth-order valence-electron chi connectivity index (χ4n) is 2.32. The normalized spacial score (nSPS) is 19.7. The van der Waals surface area contributed by atoms with Gasteiger partial charge in [0.25, 0.3) is 5.91 Å². The molecule has 0 aliphatic carbocycles. The van der Waals surface area contributed by atoms with Crippen LogP contribution in [0.1, 0.15) is 23.2 Å². The van der Waals surface area contributed by atoms with Crippen molar-refractivity contribution in [2.75, 3.05) is 13.1 Å². The van der Waals surface area contributed by atoms with Gasteiger partial charge in [0.2, 0.25) is 0 Å². The molecule has 1 unspecified atom stereocenters. The van der Waals surface area contributed by atoms with Crippen molar-refractivity contribution < 1.29 is 31.9 Å². The Balaban J connectivity index is 2.27. The Hall–Kier alpha value is -1.86. The van der Waals surface area contributed by atoms with E-state index in [4.69, 9.17) is 5.11 Å². The van der Waals surface area contributed by atoms with E-state index in [9.17, 15) is 26.7 Å². The largest absolute Gasteiger partial charge is 0.505 e. The number of alkyl halides is 3. The molecule has 1 aliphatic heterocycles. The predicted octanol–water partition coefficient (Wildman–Crippen LogP) is 3.08. The molecular formula is C13H12F5NO2. The summed E-state index contributed by atoms with van der Waals surface area (Å²) in [5.74, 6) is -6.50. The molecule has 21 heavy (non-hydrogen) atoms. The number of aromatic hydroxyl groups is 1. The molecule has 1 heterocycles. The van der Waals surface area contributed by atoms with Gasteiger partial charge in [0.1, 0.15) is 11.4 Å². The molecule has 0 bridgehead atoms. The first kappa shape index (κ1) is 15.5. The molecule has 1 fully saturated rings. The number of hydrogen-bond acceptors (Lipinski definition) is 2. The van der Waals surface area contributed by atoms with E-state index in [2.05, 4.69) is 0 Å². The van der Waals surface area contributed by atoms with Crippen molar-refractivity contribution >= 4 is 5.91 Å². The van der Waals surface area contributed by atoms with Gasteiger partial charge in [-0.2, -0.15) is 13.2 Å². The average molecular weight is 309 g/mol. The van der Waals surface area contributed by atoms with Crippen molar-refractivity contribution in [3.63, 3.8) is 0 Å². The highest BCUT2D eigenvalue weighted by atomic mass is 19.4. The minimum Gasteiger partial charge on any atom is -0.505 e. The average Bonchev–Trinajstić information content (AvgIpc) is 2.42. The summed E-state index contributed by atoms with van der Waals surface area (Å²) < 4.78 is 65.2. The first-order valence-electron chi connectivity index (χ1n) is 6.24. The number of rotatable bonds is 1. The number of amides is 1. The highest BCUT2D eigenvalue weighted by Crippen LogP contribution is 2.34. The number of piperidine rings is 1. The van der Waals surface area contributed by atoms with E-state index in [0.717, 1.165) is 11.0 Å². The van der Waals surface area contributed by atoms with E-state index >= 15 is 0 Å². The van der Waals surface area contributed by atoms with Crippen LogP contribution in [0.15, 0.2) is 12.1 Å². The first-order valence-corrected chi connectivity index (χ1v) is 6.24. The van der Waals surface area contributed by atoms with Crippen LogP contribution in [0.2, 0.25) is 0 Å². The van der Waals surface area contributed by atoms with Crippen molar-refractivity contribution in [1.29, 1.82) is 0 Å². The summed E-state index contributed by atoms with van der Waals surface area (Å²) in [7, 11) is 0. The molecule has 1 aromatic rings. The summed E-state index contributed by atoms with van der Waals surface area (Å²) >= 11 is 0. The Morgan fingerprint density at radius 1 is 1.29 bits per heavy atom. The van der Waals surface area contributed by atoms with E-state index in [1.807, 2.05) is 0 Å². The Bertz CT molecular complexity index is 558. The molecule has 1 atom stereocenters. The second-order valence-corrected chi connectivity index (χ2v) is 4.89. The topological polar surface area (TPSA) is 40.5 Å². The number of halogens is 5. The third-order valence-electron chi connectivity index (χ3n) is 3.46. The molecule has 8 heteroatoms. The molecule has 2 rings (SSSR count). The molecule has 0 aromatic heterocycles. The number of likely N-dealkylation sites (tertiary alicyclic amines) is 1. The van der Waals surface area contributed by atoms with Crippen LogP contribution in [-0.2, 0) is 0 Å². The highest BCUT2D eigenvalue weighted by Gasteiger charge is 2.43. The molecular weight excluding hydrogens is 297 g/mol. The van der Waals surface area contributed by atoms with Crippen LogP contribution in [0.4, 0.5) is 22.0 Å². The Morgan fingerprint density at radius 2 is 1.95 bits per heavy atom. The third kappa shape index (κ3) is 3.08. The molecule has 1 aliphatic rings. The van der Waals surface area contributed by atoms with Gasteiger partial charge in [-0.3, -0.25) is 4.79 Å². The molecule has 1 amide bonds. The summed E-state index contributed by atoms with van der Waals surface area (Å²) in [5, 5.41) is 9.16. The van der Waals surface area contributed by atoms with Gasteiger partial charge >= 0.3 is 6.18 Å². The molecule has 1 N–H and O–H groups in total. The van der Waals surface area contributed by atoms with Gasteiger partial charge in [-0.1, -0.05) is 0 Å². The number of phenolic OH excluding ortho intramolecular Hbond substituents is 1. The van der Waals surface area contributed by atoms with E-state index in [-0.39, 0.29) is 19.4 Å². The quantitative estimate of drug-likeness (QED) is 0.810. The van der Waals surface area contributed by atoms with E-state index in [0.29, 0.717) is 6.07 Å². The maximum Gasteiger partial charge on any atom is 0.393 e. The zero-order valence-corrected chi connectivity index (χ0v) is 10.8. The predicted molar refractivity (Wildman–Crippen MR) is 62.7 cm³/mol. The van der Waals surface area contributed by atoms with Gasteiger partial charge in [-0.15, -0.1) is 0 Å². The summed E-state index contributed by atoms with van der Waals surface area (Å²) in [6.07, 6.45) is -4.49. The lowest BCUT2D eigenvalue weighted by atomic mass is 9.96. The van der Waals surface area contributed by atoms with Crippen molar-refractivity contribution in [2.45, 2.75) is 19.0 Å². The summed E-state index contributed by atoms with van der Waals surface area (Å²) in [4.78, 5) is 12.8. The fraction of sp³-hybridized carbons (Fsp3) is 0.462. The number of hydrogen-bond donors (Lipinski definition) is 1. The maximum atomic E-state index is 13.6. The van der Waals surface area contributed by atoms with Gasteiger partial charge in [0.15, 0.2) is 11.6 Å². The van der Waals surface area contributed by atoms with Crippen LogP contribution in [0.5, 0.6) is 5.75 Å². The van der Waals surface area contributed by atoms with Crippen LogP contribution >= 0.6 is 0 Å². The Labute approximate surface area is 117 Å². The van der Waals surface area contributed by atoms with Crippen molar-refractivity contribution in [3.05, 3.63) is 29.3 Å². The van der Waals surface area contributed by atoms with E-state index < -0.39 is 47.5 Å². The van der Waals surface area contributed by atoms with Gasteiger partial charge in [-0.25, -0.2) is 8.78 Å². The number of nitrogens with zero attached hydrogens (tertiary/aromatic N) is 1. The molecule has 0 radical (unpaired) electrons. The maximum absolute atomic E-state index is 13.6. The van der Waals surface area contributed by atoms with Crippen molar-refractivity contribution in [2.24, 2.45) is 5.92 Å². The number of phenols is 1. The number of benzene rings is 1. The minimum atomic E-state index is -4.46. The standard InChI is InChI=1S/C13H12F5NO2/c14-8-3-4-9(20)11(15)10(8)12(21)19-5-1-2-7(6-19)13(16,17)18/h3-4,7,20H,1-2,5-6H2. The monoisotopic (exact) mass is 309 g/mol. The second-order valence-electron chi connectivity index (χ2n) is 4.89. The van der Waals surface area contributed by atoms with Gasteiger partial charge in [-0.05, 0) is 25.0 Å². The summed E-state index contributed by atoms with van der Waals surface area (Å²) in [6.45, 7) is -0.656. The lowest BCUT2D eigenvalue weighted by molar-refractivity contribution is -0.184. The van der Waals surface area contributed by atoms with Crippen molar-refractivity contribution in [3.8, 4) is 5.75 Å². The Kier molecular flexibility index (Phi) is 4.06. The van der Waals surface area contributed by atoms with Crippen LogP contribution < -0.4 is 0 Å². The molecule has 0 spiro atoms. The number of carbonyl (C=O) groups is 1. The molecule has 0 saturated carbocycles.